The molecular formula is C15H12N2O5S. The Morgan fingerprint density at radius 3 is 2.43 bits per heavy atom. The van der Waals surface area contributed by atoms with Crippen molar-refractivity contribution in [3.05, 3.63) is 54.1 Å². The van der Waals surface area contributed by atoms with E-state index < -0.39 is 28.4 Å². The standard InChI is InChI=1S/C15H12N2O5S/c18-12-7-3-2-6-11(12)16-14(19)9-17-15(20)10-5-1-4-8-13(10)23(17,21)22/h1-8,18H,9H2,(H,16,19). The number of fused-ring (bicyclic) bond motifs is 1. The molecule has 8 heteroatoms. The van der Waals surface area contributed by atoms with Crippen molar-refractivity contribution in [3.63, 3.8) is 0 Å². The zero-order valence-corrected chi connectivity index (χ0v) is 12.6. The number of hydrogen-bond acceptors (Lipinski definition) is 5. The molecule has 0 saturated carbocycles. The van der Waals surface area contributed by atoms with Gasteiger partial charge in [-0.1, -0.05) is 24.3 Å². The van der Waals surface area contributed by atoms with Crippen molar-refractivity contribution in [2.75, 3.05) is 11.9 Å². The third kappa shape index (κ3) is 2.53. The third-order valence-electron chi connectivity index (χ3n) is 3.38. The predicted molar refractivity (Wildman–Crippen MR) is 81.4 cm³/mol. The highest BCUT2D eigenvalue weighted by atomic mass is 32.2. The molecule has 2 aromatic rings. The fraction of sp³-hybridized carbons (Fsp3) is 0.0667. The van der Waals surface area contributed by atoms with Gasteiger partial charge in [-0.2, -0.15) is 0 Å². The topological polar surface area (TPSA) is 104 Å². The Hall–Kier alpha value is -2.87. The van der Waals surface area contributed by atoms with Gasteiger partial charge in [-0.05, 0) is 24.3 Å². The van der Waals surface area contributed by atoms with Gasteiger partial charge in [-0.3, -0.25) is 9.59 Å². The monoisotopic (exact) mass is 332 g/mol. The van der Waals surface area contributed by atoms with Gasteiger partial charge in [0.25, 0.3) is 15.9 Å². The summed E-state index contributed by atoms with van der Waals surface area (Å²) in [5.74, 6) is -1.62. The third-order valence-corrected chi connectivity index (χ3v) is 5.16. The molecule has 0 radical (unpaired) electrons. The summed E-state index contributed by atoms with van der Waals surface area (Å²) in [6.07, 6.45) is 0. The largest absolute Gasteiger partial charge is 0.506 e. The molecule has 0 spiro atoms. The first kappa shape index (κ1) is 15.0. The van der Waals surface area contributed by atoms with Crippen molar-refractivity contribution in [1.82, 2.24) is 4.31 Å². The number of sulfonamides is 1. The van der Waals surface area contributed by atoms with E-state index in [9.17, 15) is 23.1 Å². The second-order valence-electron chi connectivity index (χ2n) is 4.88. The molecule has 1 heterocycles. The van der Waals surface area contributed by atoms with Crippen molar-refractivity contribution < 1.29 is 23.1 Å². The van der Waals surface area contributed by atoms with Crippen molar-refractivity contribution in [3.8, 4) is 5.75 Å². The van der Waals surface area contributed by atoms with E-state index in [2.05, 4.69) is 5.32 Å². The van der Waals surface area contributed by atoms with Crippen molar-refractivity contribution >= 4 is 27.5 Å². The zero-order valence-electron chi connectivity index (χ0n) is 11.8. The van der Waals surface area contributed by atoms with E-state index in [0.29, 0.717) is 4.31 Å². The van der Waals surface area contributed by atoms with E-state index in [1.807, 2.05) is 0 Å². The molecule has 0 saturated heterocycles. The van der Waals surface area contributed by atoms with Gasteiger partial charge in [-0.15, -0.1) is 0 Å². The summed E-state index contributed by atoms with van der Waals surface area (Å²) in [5.41, 5.74) is 0.182. The highest BCUT2D eigenvalue weighted by molar-refractivity contribution is 7.90. The molecule has 1 aliphatic rings. The Labute approximate surface area is 132 Å². The fourth-order valence-corrected chi connectivity index (χ4v) is 3.81. The van der Waals surface area contributed by atoms with E-state index in [-0.39, 0.29) is 21.9 Å². The van der Waals surface area contributed by atoms with Crippen LogP contribution in [0.1, 0.15) is 10.4 Å². The molecule has 1 aliphatic heterocycles. The quantitative estimate of drug-likeness (QED) is 0.821. The molecule has 0 aromatic heterocycles. The van der Waals surface area contributed by atoms with Crippen LogP contribution in [0.25, 0.3) is 0 Å². The molecule has 2 aromatic carbocycles. The Bertz CT molecular complexity index is 908. The number of carbonyl (C=O) groups excluding carboxylic acids is 2. The molecule has 0 fully saturated rings. The molecule has 0 atom stereocenters. The number of para-hydroxylation sites is 2. The van der Waals surface area contributed by atoms with Crippen LogP contribution in [0.15, 0.2) is 53.4 Å². The van der Waals surface area contributed by atoms with Gasteiger partial charge in [0.2, 0.25) is 5.91 Å². The lowest BCUT2D eigenvalue weighted by atomic mass is 10.2. The minimum absolute atomic E-state index is 0.0443. The second kappa shape index (κ2) is 5.40. The Morgan fingerprint density at radius 1 is 1.09 bits per heavy atom. The van der Waals surface area contributed by atoms with E-state index >= 15 is 0 Å². The summed E-state index contributed by atoms with van der Waals surface area (Å²) in [6.45, 7) is -0.663. The van der Waals surface area contributed by atoms with Crippen LogP contribution in [-0.4, -0.2) is 36.2 Å². The molecule has 0 unspecified atom stereocenters. The van der Waals surface area contributed by atoms with Gasteiger partial charge in [0, 0.05) is 0 Å². The molecule has 118 valence electrons. The van der Waals surface area contributed by atoms with Crippen LogP contribution < -0.4 is 5.32 Å². The van der Waals surface area contributed by atoms with E-state index in [1.54, 1.807) is 18.2 Å². The van der Waals surface area contributed by atoms with Gasteiger partial charge in [0.05, 0.1) is 11.3 Å². The number of amides is 2. The first-order valence-corrected chi connectivity index (χ1v) is 8.09. The van der Waals surface area contributed by atoms with Crippen molar-refractivity contribution in [2.45, 2.75) is 4.90 Å². The molecule has 0 aliphatic carbocycles. The van der Waals surface area contributed by atoms with E-state index in [1.165, 1.54) is 30.3 Å². The summed E-state index contributed by atoms with van der Waals surface area (Å²) in [6, 6.07) is 11.8. The van der Waals surface area contributed by atoms with Gasteiger partial charge in [-0.25, -0.2) is 12.7 Å². The molecule has 0 bridgehead atoms. The molecule has 2 N–H and O–H groups in total. The average molecular weight is 332 g/mol. The van der Waals surface area contributed by atoms with E-state index in [0.717, 1.165) is 0 Å². The Balaban J connectivity index is 1.83. The number of aromatic hydroxyl groups is 1. The number of nitrogens with one attached hydrogen (secondary N) is 1. The number of benzene rings is 2. The maximum atomic E-state index is 12.3. The molecule has 23 heavy (non-hydrogen) atoms. The maximum absolute atomic E-state index is 12.3. The van der Waals surface area contributed by atoms with Crippen LogP contribution in [-0.2, 0) is 14.8 Å². The van der Waals surface area contributed by atoms with Gasteiger partial charge >= 0.3 is 0 Å². The van der Waals surface area contributed by atoms with Crippen molar-refractivity contribution in [1.29, 1.82) is 0 Å². The van der Waals surface area contributed by atoms with E-state index in [4.69, 9.17) is 0 Å². The number of anilines is 1. The minimum Gasteiger partial charge on any atom is -0.506 e. The first-order chi connectivity index (χ1) is 10.9. The number of phenolic OH excluding ortho intramolecular Hbond substituents is 1. The molecule has 2 amide bonds. The summed E-state index contributed by atoms with van der Waals surface area (Å²) >= 11 is 0. The van der Waals surface area contributed by atoms with Crippen LogP contribution in [0.4, 0.5) is 5.69 Å². The number of phenols is 1. The summed E-state index contributed by atoms with van der Waals surface area (Å²) in [5, 5.41) is 12.0. The normalized spacial score (nSPS) is 15.3. The zero-order chi connectivity index (χ0) is 16.6. The van der Waals surface area contributed by atoms with Crippen LogP contribution in [0.3, 0.4) is 0 Å². The summed E-state index contributed by atoms with van der Waals surface area (Å²) < 4.78 is 25.2. The van der Waals surface area contributed by atoms with Crippen LogP contribution in [0, 0.1) is 0 Å². The summed E-state index contributed by atoms with van der Waals surface area (Å²) in [7, 11) is -4.03. The smallest absolute Gasteiger partial charge is 0.269 e. The fourth-order valence-electron chi connectivity index (χ4n) is 2.29. The highest BCUT2D eigenvalue weighted by Gasteiger charge is 2.41. The highest BCUT2D eigenvalue weighted by Crippen LogP contribution is 2.30. The minimum atomic E-state index is -4.03. The Kier molecular flexibility index (Phi) is 3.53. The van der Waals surface area contributed by atoms with Gasteiger partial charge in [0.1, 0.15) is 17.2 Å². The predicted octanol–water partition coefficient (Wildman–Crippen LogP) is 1.18. The first-order valence-electron chi connectivity index (χ1n) is 6.65. The number of carbonyl (C=O) groups is 2. The maximum Gasteiger partial charge on any atom is 0.269 e. The summed E-state index contributed by atoms with van der Waals surface area (Å²) in [4.78, 5) is 24.1. The van der Waals surface area contributed by atoms with Crippen LogP contribution in [0.2, 0.25) is 0 Å². The molecular weight excluding hydrogens is 320 g/mol. The number of hydrogen-bond donors (Lipinski definition) is 2. The Morgan fingerprint density at radius 2 is 1.74 bits per heavy atom. The average Bonchev–Trinajstić information content (AvgIpc) is 2.71. The number of nitrogens with zero attached hydrogens (tertiary/aromatic N) is 1. The lowest BCUT2D eigenvalue weighted by Gasteiger charge is -2.15. The van der Waals surface area contributed by atoms with Gasteiger partial charge < -0.3 is 10.4 Å². The van der Waals surface area contributed by atoms with Gasteiger partial charge in [0.15, 0.2) is 0 Å². The lowest BCUT2D eigenvalue weighted by Crippen LogP contribution is -2.37. The SMILES string of the molecule is O=C(CN1C(=O)c2ccccc2S1(=O)=O)Nc1ccccc1O. The van der Waals surface area contributed by atoms with Crippen LogP contribution >= 0.6 is 0 Å². The number of rotatable bonds is 3. The molecule has 3 rings (SSSR count). The molecule has 7 nitrogen and oxygen atoms in total. The second-order valence-corrected chi connectivity index (χ2v) is 6.71. The lowest BCUT2D eigenvalue weighted by molar-refractivity contribution is -0.116. The van der Waals surface area contributed by atoms with Crippen molar-refractivity contribution in [2.24, 2.45) is 0 Å². The van der Waals surface area contributed by atoms with Crippen LogP contribution in [0.5, 0.6) is 5.75 Å².